The highest BCUT2D eigenvalue weighted by Gasteiger charge is 2.51. The van der Waals surface area contributed by atoms with Gasteiger partial charge in [0.1, 0.15) is 5.41 Å². The lowest BCUT2D eigenvalue weighted by atomic mass is 9.78. The molecule has 0 aromatic rings. The molecule has 0 radical (unpaired) electrons. The van der Waals surface area contributed by atoms with Crippen molar-refractivity contribution in [2.75, 3.05) is 18.6 Å². The third kappa shape index (κ3) is 3.11. The number of amides is 4. The summed E-state index contributed by atoms with van der Waals surface area (Å²) in [4.78, 5) is 37.3. The monoisotopic (exact) mass is 286 g/mol. The standard InChI is InChI=1S/C13H22N2O3S/c1-4-13(5-2)10(16)14-12(18)15(11(13)17)8-6-7-9-19-3/h4-9H2,1-3H3,(H,14,16,18). The number of nitrogens with one attached hydrogen (secondary N) is 1. The Bertz CT molecular complexity index is 367. The SMILES string of the molecule is CCC1(CC)C(=O)NC(=O)N(CCCCSC)C1=O. The Labute approximate surface area is 118 Å². The number of imide groups is 2. The minimum absolute atomic E-state index is 0.338. The first kappa shape index (κ1) is 16.0. The van der Waals surface area contributed by atoms with Crippen LogP contribution in [0.1, 0.15) is 39.5 Å². The van der Waals surface area contributed by atoms with Gasteiger partial charge in [-0.1, -0.05) is 13.8 Å². The summed E-state index contributed by atoms with van der Waals surface area (Å²) in [7, 11) is 0. The molecule has 4 amide bonds. The van der Waals surface area contributed by atoms with E-state index in [1.165, 1.54) is 4.90 Å². The molecule has 1 heterocycles. The molecule has 0 aromatic heterocycles. The van der Waals surface area contributed by atoms with E-state index in [0.717, 1.165) is 18.6 Å². The van der Waals surface area contributed by atoms with Crippen LogP contribution in [0.4, 0.5) is 4.79 Å². The smallest absolute Gasteiger partial charge is 0.277 e. The number of nitrogens with zero attached hydrogens (tertiary/aromatic N) is 1. The predicted molar refractivity (Wildman–Crippen MR) is 75.9 cm³/mol. The molecule has 1 N–H and O–H groups in total. The summed E-state index contributed by atoms with van der Waals surface area (Å²) in [5, 5.41) is 2.32. The van der Waals surface area contributed by atoms with Crippen molar-refractivity contribution < 1.29 is 14.4 Å². The summed E-state index contributed by atoms with van der Waals surface area (Å²) in [6.45, 7) is 4.01. The van der Waals surface area contributed by atoms with Crippen molar-refractivity contribution in [3.8, 4) is 0 Å². The Morgan fingerprint density at radius 1 is 1.16 bits per heavy atom. The van der Waals surface area contributed by atoms with Gasteiger partial charge in [-0.2, -0.15) is 11.8 Å². The van der Waals surface area contributed by atoms with Crippen molar-refractivity contribution in [2.45, 2.75) is 39.5 Å². The molecule has 1 aliphatic rings. The second-order valence-corrected chi connectivity index (χ2v) is 5.69. The van der Waals surface area contributed by atoms with Crippen LogP contribution < -0.4 is 5.32 Å². The molecule has 19 heavy (non-hydrogen) atoms. The zero-order valence-corrected chi connectivity index (χ0v) is 12.6. The van der Waals surface area contributed by atoms with E-state index < -0.39 is 17.4 Å². The van der Waals surface area contributed by atoms with Crippen LogP contribution in [-0.4, -0.2) is 41.3 Å². The molecular formula is C13H22N2O3S. The quantitative estimate of drug-likeness (QED) is 0.574. The van der Waals surface area contributed by atoms with Gasteiger partial charge < -0.3 is 0 Å². The van der Waals surface area contributed by atoms with Crippen LogP contribution in [0, 0.1) is 5.41 Å². The van der Waals surface area contributed by atoms with Crippen LogP contribution in [0.5, 0.6) is 0 Å². The third-order valence-electron chi connectivity index (χ3n) is 3.74. The molecule has 1 fully saturated rings. The van der Waals surface area contributed by atoms with Gasteiger partial charge in [0.25, 0.3) is 0 Å². The number of rotatable bonds is 7. The molecule has 5 nitrogen and oxygen atoms in total. The van der Waals surface area contributed by atoms with Crippen LogP contribution in [0.25, 0.3) is 0 Å². The first-order valence-corrected chi connectivity index (χ1v) is 8.09. The van der Waals surface area contributed by atoms with Gasteiger partial charge in [-0.3, -0.25) is 19.8 Å². The maximum absolute atomic E-state index is 12.4. The first-order valence-electron chi connectivity index (χ1n) is 6.69. The summed E-state index contributed by atoms with van der Waals surface area (Å²) in [5.74, 6) is 0.221. The van der Waals surface area contributed by atoms with Crippen LogP contribution in [0.2, 0.25) is 0 Å². The summed E-state index contributed by atoms with van der Waals surface area (Å²) >= 11 is 1.74. The van der Waals surface area contributed by atoms with Gasteiger partial charge in [-0.25, -0.2) is 4.79 Å². The van der Waals surface area contributed by atoms with E-state index in [-0.39, 0.29) is 5.91 Å². The maximum Gasteiger partial charge on any atom is 0.330 e. The van der Waals surface area contributed by atoms with E-state index in [9.17, 15) is 14.4 Å². The average Bonchev–Trinajstić information content (AvgIpc) is 2.39. The molecule has 6 heteroatoms. The Morgan fingerprint density at radius 2 is 1.79 bits per heavy atom. The van der Waals surface area contributed by atoms with Gasteiger partial charge in [-0.05, 0) is 37.7 Å². The molecule has 0 spiro atoms. The summed E-state index contributed by atoms with van der Waals surface area (Å²) in [6, 6.07) is -0.573. The molecule has 0 bridgehead atoms. The Balaban J connectivity index is 2.78. The summed E-state index contributed by atoms with van der Waals surface area (Å²) in [5.41, 5.74) is -1.06. The maximum atomic E-state index is 12.4. The van der Waals surface area contributed by atoms with E-state index in [2.05, 4.69) is 5.32 Å². The van der Waals surface area contributed by atoms with Crippen molar-refractivity contribution in [3.63, 3.8) is 0 Å². The van der Waals surface area contributed by atoms with Crippen LogP contribution in [0.3, 0.4) is 0 Å². The molecule has 0 unspecified atom stereocenters. The third-order valence-corrected chi connectivity index (χ3v) is 4.44. The molecule has 0 atom stereocenters. The number of carbonyl (C=O) groups excluding carboxylic acids is 3. The van der Waals surface area contributed by atoms with E-state index in [4.69, 9.17) is 0 Å². The molecule has 1 rings (SSSR count). The van der Waals surface area contributed by atoms with Crippen LogP contribution >= 0.6 is 11.8 Å². The fourth-order valence-electron chi connectivity index (χ4n) is 2.32. The second-order valence-electron chi connectivity index (χ2n) is 4.71. The zero-order chi connectivity index (χ0) is 14.5. The lowest BCUT2D eigenvalue weighted by molar-refractivity contribution is -0.152. The molecule has 0 aliphatic carbocycles. The van der Waals surface area contributed by atoms with Crippen molar-refractivity contribution >= 4 is 29.6 Å². The van der Waals surface area contributed by atoms with Gasteiger partial charge >= 0.3 is 6.03 Å². The van der Waals surface area contributed by atoms with Crippen molar-refractivity contribution in [3.05, 3.63) is 0 Å². The van der Waals surface area contributed by atoms with Gasteiger partial charge in [0, 0.05) is 6.54 Å². The fourth-order valence-corrected chi connectivity index (χ4v) is 2.82. The largest absolute Gasteiger partial charge is 0.330 e. The molecule has 1 aliphatic heterocycles. The minimum atomic E-state index is -1.06. The van der Waals surface area contributed by atoms with Crippen LogP contribution in [-0.2, 0) is 9.59 Å². The number of carbonyl (C=O) groups is 3. The van der Waals surface area contributed by atoms with Gasteiger partial charge in [0.05, 0.1) is 0 Å². The van der Waals surface area contributed by atoms with E-state index in [1.54, 1.807) is 11.8 Å². The number of barbiturate groups is 1. The highest BCUT2D eigenvalue weighted by atomic mass is 32.2. The van der Waals surface area contributed by atoms with Crippen molar-refractivity contribution in [1.29, 1.82) is 0 Å². The Morgan fingerprint density at radius 3 is 2.32 bits per heavy atom. The molecule has 0 saturated carbocycles. The summed E-state index contributed by atoms with van der Waals surface area (Å²) in [6.07, 6.45) is 4.59. The van der Waals surface area contributed by atoms with Crippen LogP contribution in [0.15, 0.2) is 0 Å². The number of unbranched alkanes of at least 4 members (excludes halogenated alkanes) is 1. The number of urea groups is 1. The molecule has 1 saturated heterocycles. The topological polar surface area (TPSA) is 66.5 Å². The predicted octanol–water partition coefficient (Wildman–Crippen LogP) is 2.01. The average molecular weight is 286 g/mol. The number of thioether (sulfide) groups is 1. The fraction of sp³-hybridized carbons (Fsp3) is 0.769. The van der Waals surface area contributed by atoms with Gasteiger partial charge in [0.15, 0.2) is 0 Å². The highest BCUT2D eigenvalue weighted by molar-refractivity contribution is 7.98. The normalized spacial score (nSPS) is 18.7. The molecule has 0 aromatic carbocycles. The second kappa shape index (κ2) is 6.93. The van der Waals surface area contributed by atoms with Gasteiger partial charge in [0.2, 0.25) is 11.8 Å². The zero-order valence-electron chi connectivity index (χ0n) is 11.8. The minimum Gasteiger partial charge on any atom is -0.277 e. The number of hydrogen-bond donors (Lipinski definition) is 1. The van der Waals surface area contributed by atoms with E-state index in [1.807, 2.05) is 20.1 Å². The Kier molecular flexibility index (Phi) is 5.85. The van der Waals surface area contributed by atoms with E-state index in [0.29, 0.717) is 19.4 Å². The number of hydrogen-bond acceptors (Lipinski definition) is 4. The van der Waals surface area contributed by atoms with Crippen molar-refractivity contribution in [1.82, 2.24) is 10.2 Å². The first-order chi connectivity index (χ1) is 9.03. The Hall–Kier alpha value is -1.04. The van der Waals surface area contributed by atoms with E-state index >= 15 is 0 Å². The van der Waals surface area contributed by atoms with Crippen molar-refractivity contribution in [2.24, 2.45) is 5.41 Å². The lowest BCUT2D eigenvalue weighted by Crippen LogP contribution is -2.63. The highest BCUT2D eigenvalue weighted by Crippen LogP contribution is 2.32. The molecule has 108 valence electrons. The lowest BCUT2D eigenvalue weighted by Gasteiger charge is -2.38. The van der Waals surface area contributed by atoms with Gasteiger partial charge in [-0.15, -0.1) is 0 Å². The molecular weight excluding hydrogens is 264 g/mol. The summed E-state index contributed by atoms with van der Waals surface area (Å²) < 4.78 is 0.